The monoisotopic (exact) mass is 267 g/mol. The molecule has 1 amide bonds. The molecule has 0 fully saturated rings. The lowest BCUT2D eigenvalue weighted by molar-refractivity contribution is -0.158. The number of aliphatic carboxylic acids is 1. The van der Waals surface area contributed by atoms with Crippen LogP contribution in [-0.4, -0.2) is 28.4 Å². The summed E-state index contributed by atoms with van der Waals surface area (Å²) < 4.78 is 13.4. The number of halogens is 1. The molecular formula is C14H18FNO3. The Hall–Kier alpha value is -1.91. The van der Waals surface area contributed by atoms with Gasteiger partial charge in [0.25, 0.3) is 0 Å². The van der Waals surface area contributed by atoms with Gasteiger partial charge in [0, 0.05) is 6.04 Å². The second kappa shape index (κ2) is 5.82. The molecule has 1 aromatic rings. The largest absolute Gasteiger partial charge is 0.479 e. The lowest BCUT2D eigenvalue weighted by atomic mass is 9.84. The van der Waals surface area contributed by atoms with E-state index in [2.05, 4.69) is 0 Å². The van der Waals surface area contributed by atoms with Crippen molar-refractivity contribution in [3.05, 3.63) is 35.6 Å². The molecule has 1 unspecified atom stereocenters. The van der Waals surface area contributed by atoms with Gasteiger partial charge >= 0.3 is 5.97 Å². The maximum absolute atomic E-state index is 13.4. The molecule has 0 aliphatic rings. The number of hydrogen-bond acceptors (Lipinski definition) is 2. The van der Waals surface area contributed by atoms with Gasteiger partial charge in [-0.3, -0.25) is 4.79 Å². The molecule has 1 rings (SSSR count). The number of carboxylic acids is 1. The average molecular weight is 267 g/mol. The summed E-state index contributed by atoms with van der Waals surface area (Å²) in [6.45, 7) is 5.11. The predicted molar refractivity (Wildman–Crippen MR) is 69.0 cm³/mol. The highest BCUT2D eigenvalue weighted by Crippen LogP contribution is 2.33. The first-order valence-corrected chi connectivity index (χ1v) is 6.13. The molecule has 0 saturated carbocycles. The molecule has 1 atom stereocenters. The summed E-state index contributed by atoms with van der Waals surface area (Å²) in [4.78, 5) is 24.2. The van der Waals surface area contributed by atoms with Crippen molar-refractivity contribution in [3.8, 4) is 0 Å². The van der Waals surface area contributed by atoms with E-state index in [9.17, 15) is 19.1 Å². The van der Waals surface area contributed by atoms with E-state index in [4.69, 9.17) is 0 Å². The zero-order valence-electron chi connectivity index (χ0n) is 11.3. The zero-order chi connectivity index (χ0) is 14.6. The molecule has 1 N–H and O–H groups in total. The van der Waals surface area contributed by atoms with Crippen LogP contribution in [0.2, 0.25) is 0 Å². The minimum Gasteiger partial charge on any atom is -0.479 e. The van der Waals surface area contributed by atoms with E-state index in [1.807, 2.05) is 0 Å². The standard InChI is InChI=1S/C14H18FNO3/c1-4-14(13(18)19,16(9-17)10(2)3)11-6-5-7-12(15)8-11/h5-10H,4H2,1-3H3,(H,18,19). The number of benzene rings is 1. The number of rotatable bonds is 6. The molecule has 104 valence electrons. The summed E-state index contributed by atoms with van der Waals surface area (Å²) in [5.41, 5.74) is -1.28. The van der Waals surface area contributed by atoms with E-state index >= 15 is 0 Å². The highest BCUT2D eigenvalue weighted by Gasteiger charge is 2.45. The van der Waals surface area contributed by atoms with Crippen molar-refractivity contribution >= 4 is 12.4 Å². The van der Waals surface area contributed by atoms with Crippen molar-refractivity contribution in [2.45, 2.75) is 38.8 Å². The Balaban J connectivity index is 3.50. The van der Waals surface area contributed by atoms with Crippen LogP contribution in [0.5, 0.6) is 0 Å². The molecule has 0 radical (unpaired) electrons. The molecule has 0 heterocycles. The van der Waals surface area contributed by atoms with Gasteiger partial charge in [-0.25, -0.2) is 9.18 Å². The van der Waals surface area contributed by atoms with Gasteiger partial charge in [0.05, 0.1) is 0 Å². The summed E-state index contributed by atoms with van der Waals surface area (Å²) in [5.74, 6) is -1.69. The maximum Gasteiger partial charge on any atom is 0.334 e. The maximum atomic E-state index is 13.4. The Morgan fingerprint density at radius 3 is 2.53 bits per heavy atom. The van der Waals surface area contributed by atoms with Gasteiger partial charge in [0.15, 0.2) is 5.54 Å². The van der Waals surface area contributed by atoms with Gasteiger partial charge in [-0.1, -0.05) is 19.1 Å². The van der Waals surface area contributed by atoms with E-state index in [-0.39, 0.29) is 18.0 Å². The van der Waals surface area contributed by atoms with Gasteiger partial charge in [-0.2, -0.15) is 0 Å². The molecule has 0 saturated heterocycles. The van der Waals surface area contributed by atoms with Crippen LogP contribution in [0.1, 0.15) is 32.8 Å². The van der Waals surface area contributed by atoms with Gasteiger partial charge < -0.3 is 10.0 Å². The van der Waals surface area contributed by atoms with Crippen molar-refractivity contribution in [1.82, 2.24) is 4.90 Å². The van der Waals surface area contributed by atoms with Gasteiger partial charge in [-0.15, -0.1) is 0 Å². The highest BCUT2D eigenvalue weighted by molar-refractivity contribution is 5.83. The fraction of sp³-hybridized carbons (Fsp3) is 0.429. The van der Waals surface area contributed by atoms with Gasteiger partial charge in [-0.05, 0) is 38.0 Å². The molecule has 0 aromatic heterocycles. The van der Waals surface area contributed by atoms with Crippen LogP contribution in [0.25, 0.3) is 0 Å². The Bertz CT molecular complexity index is 476. The minimum absolute atomic E-state index is 0.155. The quantitative estimate of drug-likeness (QED) is 0.805. The minimum atomic E-state index is -1.54. The summed E-state index contributed by atoms with van der Waals surface area (Å²) >= 11 is 0. The molecule has 5 heteroatoms. The summed E-state index contributed by atoms with van der Waals surface area (Å²) in [5, 5.41) is 9.60. The topological polar surface area (TPSA) is 57.6 Å². The van der Waals surface area contributed by atoms with Crippen LogP contribution >= 0.6 is 0 Å². The number of amides is 1. The van der Waals surface area contributed by atoms with E-state index in [0.29, 0.717) is 6.41 Å². The third-order valence-electron chi connectivity index (χ3n) is 3.28. The number of carbonyl (C=O) groups excluding carboxylic acids is 1. The van der Waals surface area contributed by atoms with Crippen LogP contribution in [0.3, 0.4) is 0 Å². The SMILES string of the molecule is CCC(C(=O)O)(c1cccc(F)c1)N(C=O)C(C)C. The fourth-order valence-corrected chi connectivity index (χ4v) is 2.32. The molecule has 0 aliphatic carbocycles. The molecule has 19 heavy (non-hydrogen) atoms. The summed E-state index contributed by atoms with van der Waals surface area (Å²) in [7, 11) is 0. The second-order valence-corrected chi connectivity index (χ2v) is 4.64. The van der Waals surface area contributed by atoms with Crippen molar-refractivity contribution in [1.29, 1.82) is 0 Å². The number of carboxylic acid groups (broad SMARTS) is 1. The first kappa shape index (κ1) is 15.1. The average Bonchev–Trinajstić information content (AvgIpc) is 2.34. The molecule has 0 bridgehead atoms. The summed E-state index contributed by atoms with van der Waals surface area (Å²) in [6.07, 6.45) is 0.663. The third kappa shape index (κ3) is 2.59. The highest BCUT2D eigenvalue weighted by atomic mass is 19.1. The van der Waals surface area contributed by atoms with E-state index in [1.54, 1.807) is 20.8 Å². The summed E-state index contributed by atoms with van der Waals surface area (Å²) in [6, 6.07) is 5.07. The Morgan fingerprint density at radius 1 is 1.53 bits per heavy atom. The Morgan fingerprint density at radius 2 is 2.16 bits per heavy atom. The van der Waals surface area contributed by atoms with Crippen LogP contribution < -0.4 is 0 Å². The number of hydrogen-bond donors (Lipinski definition) is 1. The van der Waals surface area contributed by atoms with Crippen LogP contribution in [0.4, 0.5) is 4.39 Å². The van der Waals surface area contributed by atoms with Crippen molar-refractivity contribution < 1.29 is 19.1 Å². The first-order valence-electron chi connectivity index (χ1n) is 6.13. The predicted octanol–water partition coefficient (Wildman–Crippen LogP) is 2.38. The first-order chi connectivity index (χ1) is 8.90. The van der Waals surface area contributed by atoms with E-state index in [1.165, 1.54) is 23.1 Å². The van der Waals surface area contributed by atoms with E-state index < -0.39 is 17.3 Å². The van der Waals surface area contributed by atoms with Crippen LogP contribution in [0.15, 0.2) is 24.3 Å². The van der Waals surface area contributed by atoms with Gasteiger partial charge in [0.1, 0.15) is 5.82 Å². The van der Waals surface area contributed by atoms with Crippen molar-refractivity contribution in [2.75, 3.05) is 0 Å². The number of carbonyl (C=O) groups is 2. The smallest absolute Gasteiger partial charge is 0.334 e. The van der Waals surface area contributed by atoms with Gasteiger partial charge in [0.2, 0.25) is 6.41 Å². The van der Waals surface area contributed by atoms with E-state index in [0.717, 1.165) is 6.07 Å². The fourth-order valence-electron chi connectivity index (χ4n) is 2.32. The Labute approximate surface area is 111 Å². The lowest BCUT2D eigenvalue weighted by Gasteiger charge is -2.40. The second-order valence-electron chi connectivity index (χ2n) is 4.64. The van der Waals surface area contributed by atoms with Crippen molar-refractivity contribution in [3.63, 3.8) is 0 Å². The zero-order valence-corrected chi connectivity index (χ0v) is 11.3. The molecule has 4 nitrogen and oxygen atoms in total. The molecule has 0 aliphatic heterocycles. The Kier molecular flexibility index (Phi) is 4.64. The van der Waals surface area contributed by atoms with Crippen LogP contribution in [-0.2, 0) is 15.1 Å². The third-order valence-corrected chi connectivity index (χ3v) is 3.28. The van der Waals surface area contributed by atoms with Crippen molar-refractivity contribution in [2.24, 2.45) is 0 Å². The molecular weight excluding hydrogens is 249 g/mol. The molecule has 0 spiro atoms. The lowest BCUT2D eigenvalue weighted by Crippen LogP contribution is -2.54. The number of nitrogens with zero attached hydrogens (tertiary/aromatic N) is 1. The molecule has 1 aromatic carbocycles. The van der Waals surface area contributed by atoms with Crippen LogP contribution in [0, 0.1) is 5.82 Å². The normalized spacial score (nSPS) is 13.9.